The molecular formula is C23H22ClNO5S. The smallest absolute Gasteiger partial charge is 0.290 e. The number of amides is 1. The van der Waals surface area contributed by atoms with Gasteiger partial charge in [-0.2, -0.15) is 0 Å². The number of benzene rings is 2. The van der Waals surface area contributed by atoms with Crippen LogP contribution in [0.25, 0.3) is 11.0 Å². The normalized spacial score (nSPS) is 17.7. The lowest BCUT2D eigenvalue weighted by Gasteiger charge is -2.28. The van der Waals surface area contributed by atoms with E-state index in [-0.39, 0.29) is 29.2 Å². The van der Waals surface area contributed by atoms with Gasteiger partial charge < -0.3 is 9.32 Å². The topological polar surface area (TPSA) is 84.7 Å². The summed E-state index contributed by atoms with van der Waals surface area (Å²) in [5.74, 6) is -0.750. The van der Waals surface area contributed by atoms with Crippen LogP contribution in [0.2, 0.25) is 5.02 Å². The van der Waals surface area contributed by atoms with Crippen LogP contribution in [0.5, 0.6) is 0 Å². The van der Waals surface area contributed by atoms with Crippen molar-refractivity contribution >= 4 is 38.3 Å². The molecule has 1 saturated heterocycles. The molecule has 6 nitrogen and oxygen atoms in total. The lowest BCUT2D eigenvalue weighted by atomic mass is 10.1. The van der Waals surface area contributed by atoms with Crippen LogP contribution in [0, 0.1) is 13.8 Å². The SMILES string of the molecule is Cc1cc2oc(C(=O)N(Cc3ccccc3Cl)[C@H]3CCS(=O)(=O)C3)cc(=O)c2cc1C. The molecule has 0 saturated carbocycles. The summed E-state index contributed by atoms with van der Waals surface area (Å²) >= 11 is 6.29. The summed E-state index contributed by atoms with van der Waals surface area (Å²) < 4.78 is 30.0. The molecule has 3 aromatic rings. The van der Waals surface area contributed by atoms with Crippen molar-refractivity contribution in [2.45, 2.75) is 32.9 Å². The molecule has 1 atom stereocenters. The highest BCUT2D eigenvalue weighted by Crippen LogP contribution is 2.26. The average Bonchev–Trinajstić information content (AvgIpc) is 3.07. The van der Waals surface area contributed by atoms with Crippen LogP contribution in [0.1, 0.15) is 33.7 Å². The van der Waals surface area contributed by atoms with E-state index >= 15 is 0 Å². The Kier molecular flexibility index (Phi) is 5.66. The van der Waals surface area contributed by atoms with Gasteiger partial charge in [-0.1, -0.05) is 29.8 Å². The first-order chi connectivity index (χ1) is 14.6. The monoisotopic (exact) mass is 459 g/mol. The van der Waals surface area contributed by atoms with Crippen molar-refractivity contribution in [1.82, 2.24) is 4.90 Å². The summed E-state index contributed by atoms with van der Waals surface area (Å²) in [5, 5.41) is 0.882. The number of hydrogen-bond donors (Lipinski definition) is 0. The van der Waals surface area contributed by atoms with Crippen molar-refractivity contribution in [3.63, 3.8) is 0 Å². The number of carbonyl (C=O) groups is 1. The van der Waals surface area contributed by atoms with Gasteiger partial charge in [0, 0.05) is 23.7 Å². The Bertz CT molecular complexity index is 1350. The molecule has 162 valence electrons. The summed E-state index contributed by atoms with van der Waals surface area (Å²) in [6.45, 7) is 3.92. The lowest BCUT2D eigenvalue weighted by molar-refractivity contribution is 0.0648. The molecule has 31 heavy (non-hydrogen) atoms. The van der Waals surface area contributed by atoms with Crippen molar-refractivity contribution in [1.29, 1.82) is 0 Å². The third-order valence-electron chi connectivity index (χ3n) is 5.76. The average molecular weight is 460 g/mol. The minimum Gasteiger partial charge on any atom is -0.451 e. The standard InChI is InChI=1S/C23H22ClNO5S/c1-14-9-18-20(26)11-22(30-21(18)10-15(14)2)23(27)25(17-7-8-31(28,29)13-17)12-16-5-3-4-6-19(16)24/h3-6,9-11,17H,7-8,12-13H2,1-2H3/t17-/m0/s1. The molecule has 0 unspecified atom stereocenters. The Morgan fingerprint density at radius 2 is 1.87 bits per heavy atom. The van der Waals surface area contributed by atoms with Gasteiger partial charge in [0.1, 0.15) is 5.58 Å². The Balaban J connectivity index is 1.77. The molecule has 4 rings (SSSR count). The minimum absolute atomic E-state index is 0.0180. The van der Waals surface area contributed by atoms with Crippen LogP contribution >= 0.6 is 11.6 Å². The Labute approximate surface area is 185 Å². The number of halogens is 1. The molecule has 1 amide bonds. The molecule has 1 aliphatic rings. The number of nitrogens with zero attached hydrogens (tertiary/aromatic N) is 1. The highest BCUT2D eigenvalue weighted by Gasteiger charge is 2.36. The largest absolute Gasteiger partial charge is 0.451 e. The predicted molar refractivity (Wildman–Crippen MR) is 120 cm³/mol. The van der Waals surface area contributed by atoms with E-state index < -0.39 is 21.8 Å². The van der Waals surface area contributed by atoms with Crippen LogP contribution in [-0.4, -0.2) is 36.8 Å². The van der Waals surface area contributed by atoms with Crippen LogP contribution < -0.4 is 5.43 Å². The van der Waals surface area contributed by atoms with Gasteiger partial charge in [0.2, 0.25) is 0 Å². The molecule has 0 aliphatic carbocycles. The maximum atomic E-state index is 13.5. The molecule has 2 aromatic carbocycles. The number of sulfone groups is 1. The molecule has 1 fully saturated rings. The molecule has 0 spiro atoms. The van der Waals surface area contributed by atoms with E-state index in [1.54, 1.807) is 36.4 Å². The van der Waals surface area contributed by atoms with E-state index in [0.29, 0.717) is 28.0 Å². The molecule has 2 heterocycles. The van der Waals surface area contributed by atoms with Crippen molar-refractivity contribution in [2.24, 2.45) is 0 Å². The molecule has 8 heteroatoms. The first kappa shape index (κ1) is 21.6. The zero-order chi connectivity index (χ0) is 22.3. The molecule has 0 N–H and O–H groups in total. The number of fused-ring (bicyclic) bond motifs is 1. The summed E-state index contributed by atoms with van der Waals surface area (Å²) in [7, 11) is -3.23. The van der Waals surface area contributed by atoms with Crippen LogP contribution in [0.3, 0.4) is 0 Å². The van der Waals surface area contributed by atoms with Crippen molar-refractivity contribution < 1.29 is 17.6 Å². The quantitative estimate of drug-likeness (QED) is 0.590. The summed E-state index contributed by atoms with van der Waals surface area (Å²) in [5.41, 5.74) is 2.60. The number of aryl methyl sites for hydroxylation is 2. The Hall–Kier alpha value is -2.64. The van der Waals surface area contributed by atoms with Crippen LogP contribution in [0.15, 0.2) is 51.7 Å². The van der Waals surface area contributed by atoms with Crippen molar-refractivity contribution in [3.8, 4) is 0 Å². The van der Waals surface area contributed by atoms with Gasteiger partial charge in [-0.05, 0) is 55.2 Å². The molecule has 1 aromatic heterocycles. The summed E-state index contributed by atoms with van der Waals surface area (Å²) in [6, 6.07) is 11.2. The second-order valence-corrected chi connectivity index (χ2v) is 10.6. The van der Waals surface area contributed by atoms with E-state index in [0.717, 1.165) is 11.1 Å². The van der Waals surface area contributed by atoms with Crippen molar-refractivity contribution in [3.05, 3.63) is 80.2 Å². The van der Waals surface area contributed by atoms with Gasteiger partial charge in [-0.3, -0.25) is 9.59 Å². The fourth-order valence-electron chi connectivity index (χ4n) is 3.86. The highest BCUT2D eigenvalue weighted by molar-refractivity contribution is 7.91. The van der Waals surface area contributed by atoms with E-state index in [1.165, 1.54) is 11.0 Å². The van der Waals surface area contributed by atoms with Crippen LogP contribution in [0.4, 0.5) is 0 Å². The molecule has 1 aliphatic heterocycles. The molecule has 0 radical (unpaired) electrons. The summed E-state index contributed by atoms with van der Waals surface area (Å²) in [6.07, 6.45) is 0.328. The second kappa shape index (κ2) is 8.13. The van der Waals surface area contributed by atoms with Gasteiger partial charge in [0.15, 0.2) is 21.0 Å². The van der Waals surface area contributed by atoms with Gasteiger partial charge in [0.05, 0.1) is 16.9 Å². The maximum Gasteiger partial charge on any atom is 0.290 e. The first-order valence-corrected chi connectivity index (χ1v) is 12.1. The number of rotatable bonds is 4. The zero-order valence-corrected chi connectivity index (χ0v) is 18.8. The maximum absolute atomic E-state index is 13.5. The molecular weight excluding hydrogens is 438 g/mol. The van der Waals surface area contributed by atoms with Gasteiger partial charge >= 0.3 is 0 Å². The van der Waals surface area contributed by atoms with Crippen molar-refractivity contribution in [2.75, 3.05) is 11.5 Å². The molecule has 0 bridgehead atoms. The third kappa shape index (κ3) is 4.38. The second-order valence-electron chi connectivity index (χ2n) is 7.99. The fourth-order valence-corrected chi connectivity index (χ4v) is 5.78. The highest BCUT2D eigenvalue weighted by atomic mass is 35.5. The zero-order valence-electron chi connectivity index (χ0n) is 17.2. The Morgan fingerprint density at radius 1 is 1.16 bits per heavy atom. The number of hydrogen-bond acceptors (Lipinski definition) is 5. The van der Waals surface area contributed by atoms with E-state index in [1.807, 2.05) is 13.8 Å². The van der Waals surface area contributed by atoms with E-state index in [9.17, 15) is 18.0 Å². The van der Waals surface area contributed by atoms with Crippen LogP contribution in [-0.2, 0) is 16.4 Å². The van der Waals surface area contributed by atoms with E-state index in [2.05, 4.69) is 0 Å². The fraction of sp³-hybridized carbons (Fsp3) is 0.304. The number of carbonyl (C=O) groups excluding carboxylic acids is 1. The summed E-state index contributed by atoms with van der Waals surface area (Å²) in [4.78, 5) is 27.6. The van der Waals surface area contributed by atoms with Gasteiger partial charge in [-0.15, -0.1) is 0 Å². The predicted octanol–water partition coefficient (Wildman–Crippen LogP) is 3.89. The van der Waals surface area contributed by atoms with Gasteiger partial charge in [0.25, 0.3) is 5.91 Å². The first-order valence-electron chi connectivity index (χ1n) is 9.94. The third-order valence-corrected chi connectivity index (χ3v) is 7.88. The van der Waals surface area contributed by atoms with E-state index in [4.69, 9.17) is 16.0 Å². The lowest BCUT2D eigenvalue weighted by Crippen LogP contribution is -2.41. The minimum atomic E-state index is -3.23. The van der Waals surface area contributed by atoms with Gasteiger partial charge in [-0.25, -0.2) is 8.42 Å². The Morgan fingerprint density at radius 3 is 2.55 bits per heavy atom.